The summed E-state index contributed by atoms with van der Waals surface area (Å²) in [5.74, 6) is 0.0867. The number of methoxy groups -OCH3 is 2. The Balaban J connectivity index is 1.73. The van der Waals surface area contributed by atoms with E-state index in [1.165, 1.54) is 26.4 Å². The first-order valence-electron chi connectivity index (χ1n) is 8.59. The molecule has 0 aliphatic rings. The summed E-state index contributed by atoms with van der Waals surface area (Å²) >= 11 is 3.43. The highest BCUT2D eigenvalue weighted by Gasteiger charge is 2.17. The second-order valence-corrected chi connectivity index (χ2v) is 7.02. The zero-order chi connectivity index (χ0) is 21.0. The molecule has 150 valence electrons. The number of hydrogen-bond donors (Lipinski definition) is 2. The molecular weight excluding hydrogens is 440 g/mol. The topological polar surface area (TPSA) is 99.9 Å². The van der Waals surface area contributed by atoms with E-state index in [-0.39, 0.29) is 17.9 Å². The summed E-state index contributed by atoms with van der Waals surface area (Å²) in [6.45, 7) is -0.241. The maximum atomic E-state index is 12.4. The molecule has 7 nitrogen and oxygen atoms in total. The van der Waals surface area contributed by atoms with Crippen LogP contribution in [0.1, 0.15) is 10.4 Å². The Morgan fingerprint density at radius 2 is 1.62 bits per heavy atom. The van der Waals surface area contributed by atoms with Crippen LogP contribution in [0.2, 0.25) is 0 Å². The summed E-state index contributed by atoms with van der Waals surface area (Å²) in [5, 5.41) is 4.66. The highest BCUT2D eigenvalue weighted by atomic mass is 79.9. The van der Waals surface area contributed by atoms with Crippen LogP contribution in [0, 0.1) is 0 Å². The Labute approximate surface area is 175 Å². The fraction of sp³-hybridized carbons (Fsp3) is 0.143. The lowest BCUT2D eigenvalue weighted by atomic mass is 10.1. The number of primary amides is 1. The van der Waals surface area contributed by atoms with Gasteiger partial charge in [0.15, 0.2) is 18.1 Å². The molecule has 0 aromatic heterocycles. The van der Waals surface area contributed by atoms with Gasteiger partial charge in [-0.1, -0.05) is 28.1 Å². The Hall–Kier alpha value is -3.26. The molecule has 3 rings (SSSR count). The van der Waals surface area contributed by atoms with Crippen molar-refractivity contribution >= 4 is 44.2 Å². The number of amides is 2. The Bertz CT molecular complexity index is 1080. The highest BCUT2D eigenvalue weighted by Crippen LogP contribution is 2.33. The molecule has 0 spiro atoms. The molecular formula is C21H19BrN2O5. The molecule has 3 aromatic rings. The van der Waals surface area contributed by atoms with Crippen LogP contribution in [0.5, 0.6) is 17.2 Å². The van der Waals surface area contributed by atoms with Gasteiger partial charge in [-0.05, 0) is 41.1 Å². The molecule has 0 heterocycles. The minimum Gasteiger partial charge on any atom is -0.493 e. The van der Waals surface area contributed by atoms with Crippen molar-refractivity contribution in [3.63, 3.8) is 0 Å². The van der Waals surface area contributed by atoms with Crippen LogP contribution in [0.3, 0.4) is 0 Å². The van der Waals surface area contributed by atoms with Crippen molar-refractivity contribution in [1.29, 1.82) is 0 Å². The summed E-state index contributed by atoms with van der Waals surface area (Å²) in [6.07, 6.45) is 0. The maximum absolute atomic E-state index is 12.4. The van der Waals surface area contributed by atoms with E-state index in [9.17, 15) is 9.59 Å². The van der Waals surface area contributed by atoms with E-state index >= 15 is 0 Å². The fourth-order valence-corrected chi connectivity index (χ4v) is 3.18. The van der Waals surface area contributed by atoms with E-state index in [1.807, 2.05) is 30.3 Å². The molecule has 8 heteroatoms. The third kappa shape index (κ3) is 4.78. The molecule has 0 saturated carbocycles. The molecule has 0 aliphatic carbocycles. The smallest absolute Gasteiger partial charge is 0.262 e. The molecule has 0 fully saturated rings. The molecule has 2 amide bonds. The Kier molecular flexibility index (Phi) is 6.23. The van der Waals surface area contributed by atoms with Gasteiger partial charge in [0.2, 0.25) is 0 Å². The zero-order valence-electron chi connectivity index (χ0n) is 15.8. The predicted molar refractivity (Wildman–Crippen MR) is 114 cm³/mol. The summed E-state index contributed by atoms with van der Waals surface area (Å²) in [5.41, 5.74) is 5.73. The SMILES string of the molecule is COc1cc(NC(=O)COc2ccc3cc(Br)ccc3c2)c(C(N)=O)cc1OC. The largest absolute Gasteiger partial charge is 0.493 e. The van der Waals surface area contributed by atoms with Crippen LogP contribution < -0.4 is 25.3 Å². The average Bonchev–Trinajstić information content (AvgIpc) is 2.71. The first kappa shape index (κ1) is 20.5. The first-order chi connectivity index (χ1) is 13.9. The minimum absolute atomic E-state index is 0.104. The van der Waals surface area contributed by atoms with E-state index in [4.69, 9.17) is 19.9 Å². The average molecular weight is 459 g/mol. The number of benzene rings is 3. The molecule has 3 aromatic carbocycles. The van der Waals surface area contributed by atoms with E-state index < -0.39 is 11.8 Å². The summed E-state index contributed by atoms with van der Waals surface area (Å²) in [6, 6.07) is 14.3. The zero-order valence-corrected chi connectivity index (χ0v) is 17.4. The van der Waals surface area contributed by atoms with Gasteiger partial charge < -0.3 is 25.3 Å². The minimum atomic E-state index is -0.706. The molecule has 0 radical (unpaired) electrons. The molecule has 29 heavy (non-hydrogen) atoms. The van der Waals surface area contributed by atoms with Crippen LogP contribution in [0.25, 0.3) is 10.8 Å². The van der Waals surface area contributed by atoms with Crippen molar-refractivity contribution in [2.24, 2.45) is 5.73 Å². The van der Waals surface area contributed by atoms with Crippen molar-refractivity contribution in [1.82, 2.24) is 0 Å². The van der Waals surface area contributed by atoms with Gasteiger partial charge in [0, 0.05) is 10.5 Å². The van der Waals surface area contributed by atoms with Gasteiger partial charge >= 0.3 is 0 Å². The number of anilines is 1. The lowest BCUT2D eigenvalue weighted by molar-refractivity contribution is -0.118. The summed E-state index contributed by atoms with van der Waals surface area (Å²) < 4.78 is 16.9. The van der Waals surface area contributed by atoms with E-state index in [0.29, 0.717) is 17.2 Å². The number of halogens is 1. The standard InChI is InChI=1S/C21H19BrN2O5/c1-27-18-9-16(21(23)26)17(10-19(18)28-2)24-20(25)11-29-15-6-4-12-7-14(22)5-3-13(12)8-15/h3-10H,11H2,1-2H3,(H2,23,26)(H,24,25). The maximum Gasteiger partial charge on any atom is 0.262 e. The van der Waals surface area contributed by atoms with Crippen molar-refractivity contribution in [3.05, 3.63) is 58.6 Å². The van der Waals surface area contributed by atoms with Crippen LogP contribution >= 0.6 is 15.9 Å². The third-order valence-electron chi connectivity index (χ3n) is 4.21. The van der Waals surface area contributed by atoms with Gasteiger partial charge in [-0.15, -0.1) is 0 Å². The normalized spacial score (nSPS) is 10.4. The number of fused-ring (bicyclic) bond motifs is 1. The van der Waals surface area contributed by atoms with E-state index in [2.05, 4.69) is 21.2 Å². The number of carbonyl (C=O) groups is 2. The van der Waals surface area contributed by atoms with E-state index in [0.717, 1.165) is 15.2 Å². The monoisotopic (exact) mass is 458 g/mol. The number of carbonyl (C=O) groups excluding carboxylic acids is 2. The summed E-state index contributed by atoms with van der Waals surface area (Å²) in [7, 11) is 2.89. The van der Waals surface area contributed by atoms with Crippen molar-refractivity contribution < 1.29 is 23.8 Å². The van der Waals surface area contributed by atoms with Crippen molar-refractivity contribution in [2.75, 3.05) is 26.1 Å². The quantitative estimate of drug-likeness (QED) is 0.561. The van der Waals surface area contributed by atoms with Gasteiger partial charge in [-0.25, -0.2) is 0 Å². The van der Waals surface area contributed by atoms with Gasteiger partial charge in [0.25, 0.3) is 11.8 Å². The van der Waals surface area contributed by atoms with Gasteiger partial charge in [-0.3, -0.25) is 9.59 Å². The van der Waals surface area contributed by atoms with Gasteiger partial charge in [0.05, 0.1) is 25.5 Å². The van der Waals surface area contributed by atoms with E-state index in [1.54, 1.807) is 6.07 Å². The predicted octanol–water partition coefficient (Wildman–Crippen LogP) is 3.74. The van der Waals surface area contributed by atoms with Gasteiger partial charge in [-0.2, -0.15) is 0 Å². The van der Waals surface area contributed by atoms with Crippen LogP contribution in [-0.4, -0.2) is 32.6 Å². The number of nitrogens with one attached hydrogen (secondary N) is 1. The Morgan fingerprint density at radius 3 is 2.31 bits per heavy atom. The van der Waals surface area contributed by atoms with Gasteiger partial charge in [0.1, 0.15) is 5.75 Å². The molecule has 3 N–H and O–H groups in total. The molecule has 0 bridgehead atoms. The highest BCUT2D eigenvalue weighted by molar-refractivity contribution is 9.10. The third-order valence-corrected chi connectivity index (χ3v) is 4.70. The lowest BCUT2D eigenvalue weighted by Crippen LogP contribution is -2.23. The molecule has 0 unspecified atom stereocenters. The number of nitrogens with two attached hydrogens (primary N) is 1. The molecule has 0 atom stereocenters. The number of hydrogen-bond acceptors (Lipinski definition) is 5. The Morgan fingerprint density at radius 1 is 0.966 bits per heavy atom. The number of ether oxygens (including phenoxy) is 3. The first-order valence-corrected chi connectivity index (χ1v) is 9.38. The van der Waals surface area contributed by atoms with Crippen LogP contribution in [0.4, 0.5) is 5.69 Å². The molecule has 0 aliphatic heterocycles. The van der Waals surface area contributed by atoms with Crippen molar-refractivity contribution in [3.8, 4) is 17.2 Å². The van der Waals surface area contributed by atoms with Crippen LogP contribution in [0.15, 0.2) is 53.0 Å². The second kappa shape index (κ2) is 8.83. The summed E-state index contributed by atoms with van der Waals surface area (Å²) in [4.78, 5) is 24.1. The van der Waals surface area contributed by atoms with Crippen LogP contribution in [-0.2, 0) is 4.79 Å². The number of rotatable bonds is 7. The van der Waals surface area contributed by atoms with Crippen molar-refractivity contribution in [2.45, 2.75) is 0 Å². The fourth-order valence-electron chi connectivity index (χ4n) is 2.81. The second-order valence-electron chi connectivity index (χ2n) is 6.11. The molecule has 0 saturated heterocycles. The lowest BCUT2D eigenvalue weighted by Gasteiger charge is -2.14.